The number of para-hydroxylation sites is 1. The van der Waals surface area contributed by atoms with E-state index in [0.29, 0.717) is 0 Å². The van der Waals surface area contributed by atoms with Gasteiger partial charge in [-0.2, -0.15) is 0 Å². The third kappa shape index (κ3) is 3.60. The number of aromatic nitrogens is 1. The molecule has 0 spiro atoms. The normalized spacial score (nSPS) is 11.3. The van der Waals surface area contributed by atoms with Crippen LogP contribution in [-0.2, 0) is 13.2 Å². The molecule has 0 aliphatic carbocycles. The van der Waals surface area contributed by atoms with Crippen molar-refractivity contribution in [3.8, 4) is 0 Å². The van der Waals surface area contributed by atoms with Gasteiger partial charge in [0.15, 0.2) is 0 Å². The van der Waals surface area contributed by atoms with Crippen molar-refractivity contribution < 1.29 is 5.11 Å². The quantitative estimate of drug-likeness (QED) is 0.694. The molecular weight excluding hydrogens is 234 g/mol. The Bertz CT molecular complexity index is 501. The van der Waals surface area contributed by atoms with Gasteiger partial charge in [-0.15, -0.1) is 0 Å². The topological polar surface area (TPSA) is 25.2 Å². The molecule has 0 saturated heterocycles. The van der Waals surface area contributed by atoms with Gasteiger partial charge in [0.2, 0.25) is 0 Å². The van der Waals surface area contributed by atoms with Crippen LogP contribution in [-0.4, -0.2) is 9.67 Å². The minimum Gasteiger partial charge on any atom is -0.392 e. The first kappa shape index (κ1) is 14.1. The van der Waals surface area contributed by atoms with Gasteiger partial charge in [0, 0.05) is 18.3 Å². The molecule has 19 heavy (non-hydrogen) atoms. The zero-order valence-corrected chi connectivity index (χ0v) is 11.9. The lowest BCUT2D eigenvalue weighted by Gasteiger charge is -2.08. The van der Waals surface area contributed by atoms with Crippen LogP contribution in [0.15, 0.2) is 30.5 Å². The lowest BCUT2D eigenvalue weighted by atomic mass is 10.1. The second-order valence-electron chi connectivity index (χ2n) is 5.29. The van der Waals surface area contributed by atoms with Crippen molar-refractivity contribution in [2.24, 2.45) is 0 Å². The van der Waals surface area contributed by atoms with Crippen molar-refractivity contribution in [2.75, 3.05) is 0 Å². The minimum atomic E-state index is 0.123. The molecule has 0 bridgehead atoms. The van der Waals surface area contributed by atoms with E-state index in [9.17, 15) is 5.11 Å². The highest BCUT2D eigenvalue weighted by Gasteiger charge is 2.05. The zero-order chi connectivity index (χ0) is 13.5. The Morgan fingerprint density at radius 2 is 1.79 bits per heavy atom. The number of fused-ring (bicyclic) bond motifs is 1. The lowest BCUT2D eigenvalue weighted by molar-refractivity contribution is 0.283. The van der Waals surface area contributed by atoms with Gasteiger partial charge in [0.1, 0.15) is 0 Å². The third-order valence-electron chi connectivity index (χ3n) is 3.79. The maximum atomic E-state index is 9.43. The standard InChI is InChI=1S/C17H25NO/c1-2-3-4-5-6-7-12-18-13-11-15-9-8-10-16(14-19)17(15)18/h8-11,13,19H,2-7,12,14H2,1H3. The van der Waals surface area contributed by atoms with E-state index in [2.05, 4.69) is 29.8 Å². The number of rotatable bonds is 8. The average Bonchev–Trinajstić information content (AvgIpc) is 2.86. The molecule has 0 radical (unpaired) electrons. The molecule has 1 aromatic heterocycles. The number of hydrogen-bond acceptors (Lipinski definition) is 1. The summed E-state index contributed by atoms with van der Waals surface area (Å²) in [5, 5.41) is 10.7. The summed E-state index contributed by atoms with van der Waals surface area (Å²) >= 11 is 0. The fourth-order valence-corrected chi connectivity index (χ4v) is 2.72. The number of unbranched alkanes of at least 4 members (excludes halogenated alkanes) is 5. The summed E-state index contributed by atoms with van der Waals surface area (Å²) in [5.41, 5.74) is 2.24. The molecule has 0 aliphatic rings. The number of hydrogen-bond donors (Lipinski definition) is 1. The van der Waals surface area contributed by atoms with E-state index in [1.807, 2.05) is 12.1 Å². The Balaban J connectivity index is 1.93. The fraction of sp³-hybridized carbons (Fsp3) is 0.529. The van der Waals surface area contributed by atoms with E-state index in [4.69, 9.17) is 0 Å². The summed E-state index contributed by atoms with van der Waals surface area (Å²) in [7, 11) is 0. The molecule has 2 heteroatoms. The molecule has 104 valence electrons. The molecule has 0 unspecified atom stereocenters. The summed E-state index contributed by atoms with van der Waals surface area (Å²) in [6.07, 6.45) is 10.1. The van der Waals surface area contributed by atoms with Gasteiger partial charge in [-0.25, -0.2) is 0 Å². The third-order valence-corrected chi connectivity index (χ3v) is 3.79. The highest BCUT2D eigenvalue weighted by molar-refractivity contribution is 5.83. The molecule has 1 heterocycles. The van der Waals surface area contributed by atoms with Gasteiger partial charge in [-0.05, 0) is 17.9 Å². The van der Waals surface area contributed by atoms with Crippen molar-refractivity contribution >= 4 is 10.9 Å². The first-order chi connectivity index (χ1) is 9.36. The van der Waals surface area contributed by atoms with Crippen molar-refractivity contribution in [1.29, 1.82) is 0 Å². The molecule has 0 atom stereocenters. The fourth-order valence-electron chi connectivity index (χ4n) is 2.72. The Hall–Kier alpha value is -1.28. The van der Waals surface area contributed by atoms with E-state index in [1.165, 1.54) is 49.4 Å². The Kier molecular flexibility index (Phi) is 5.46. The first-order valence-electron chi connectivity index (χ1n) is 7.54. The average molecular weight is 259 g/mol. The van der Waals surface area contributed by atoms with Gasteiger partial charge in [0.25, 0.3) is 0 Å². The van der Waals surface area contributed by atoms with Gasteiger partial charge < -0.3 is 9.67 Å². The monoisotopic (exact) mass is 259 g/mol. The van der Waals surface area contributed by atoms with Crippen LogP contribution in [0.2, 0.25) is 0 Å². The number of aliphatic hydroxyl groups excluding tert-OH is 1. The molecular formula is C17H25NO. The minimum absolute atomic E-state index is 0.123. The molecule has 1 N–H and O–H groups in total. The van der Waals surface area contributed by atoms with Crippen molar-refractivity contribution in [3.05, 3.63) is 36.0 Å². The molecule has 1 aromatic carbocycles. The SMILES string of the molecule is CCCCCCCCn1ccc2cccc(CO)c21. The van der Waals surface area contributed by atoms with Crippen LogP contribution < -0.4 is 0 Å². The summed E-state index contributed by atoms with van der Waals surface area (Å²) in [4.78, 5) is 0. The number of aliphatic hydroxyl groups is 1. The zero-order valence-electron chi connectivity index (χ0n) is 11.9. The Morgan fingerprint density at radius 1 is 1.00 bits per heavy atom. The van der Waals surface area contributed by atoms with Crippen molar-refractivity contribution in [1.82, 2.24) is 4.57 Å². The summed E-state index contributed by atoms with van der Waals surface area (Å²) in [5.74, 6) is 0. The second kappa shape index (κ2) is 7.34. The number of benzene rings is 1. The van der Waals surface area contributed by atoms with Crippen molar-refractivity contribution in [3.63, 3.8) is 0 Å². The van der Waals surface area contributed by atoms with Crippen LogP contribution in [0, 0.1) is 0 Å². The number of nitrogens with zero attached hydrogens (tertiary/aromatic N) is 1. The molecule has 0 saturated carbocycles. The smallest absolute Gasteiger partial charge is 0.0702 e. The predicted octanol–water partition coefficient (Wildman–Crippen LogP) is 4.49. The van der Waals surface area contributed by atoms with Crippen LogP contribution in [0.25, 0.3) is 10.9 Å². The van der Waals surface area contributed by atoms with Crippen LogP contribution >= 0.6 is 0 Å². The van der Waals surface area contributed by atoms with Gasteiger partial charge in [-0.3, -0.25) is 0 Å². The van der Waals surface area contributed by atoms with Crippen LogP contribution in [0.3, 0.4) is 0 Å². The summed E-state index contributed by atoms with van der Waals surface area (Å²) < 4.78 is 2.29. The van der Waals surface area contributed by atoms with Crippen LogP contribution in [0.1, 0.15) is 51.0 Å². The van der Waals surface area contributed by atoms with E-state index in [1.54, 1.807) is 0 Å². The maximum Gasteiger partial charge on any atom is 0.0702 e. The molecule has 0 aliphatic heterocycles. The maximum absolute atomic E-state index is 9.43. The number of aryl methyl sites for hydroxylation is 1. The van der Waals surface area contributed by atoms with E-state index < -0.39 is 0 Å². The Morgan fingerprint density at radius 3 is 2.58 bits per heavy atom. The van der Waals surface area contributed by atoms with Gasteiger partial charge >= 0.3 is 0 Å². The largest absolute Gasteiger partial charge is 0.392 e. The molecule has 2 rings (SSSR count). The van der Waals surface area contributed by atoms with Gasteiger partial charge in [0.05, 0.1) is 12.1 Å². The first-order valence-corrected chi connectivity index (χ1v) is 7.54. The molecule has 0 amide bonds. The van der Waals surface area contributed by atoms with E-state index in [-0.39, 0.29) is 6.61 Å². The highest BCUT2D eigenvalue weighted by Crippen LogP contribution is 2.21. The highest BCUT2D eigenvalue weighted by atomic mass is 16.3. The Labute approximate surface area is 116 Å². The predicted molar refractivity (Wildman–Crippen MR) is 81.2 cm³/mol. The van der Waals surface area contributed by atoms with Crippen LogP contribution in [0.5, 0.6) is 0 Å². The molecule has 2 aromatic rings. The summed E-state index contributed by atoms with van der Waals surface area (Å²) in [6, 6.07) is 8.29. The van der Waals surface area contributed by atoms with Crippen molar-refractivity contribution in [2.45, 2.75) is 58.6 Å². The lowest BCUT2D eigenvalue weighted by Crippen LogP contribution is -1.99. The van der Waals surface area contributed by atoms with Gasteiger partial charge in [-0.1, -0.05) is 57.2 Å². The summed E-state index contributed by atoms with van der Waals surface area (Å²) in [6.45, 7) is 3.44. The van der Waals surface area contributed by atoms with E-state index >= 15 is 0 Å². The van der Waals surface area contributed by atoms with Crippen LogP contribution in [0.4, 0.5) is 0 Å². The molecule has 2 nitrogen and oxygen atoms in total. The molecule has 0 fully saturated rings. The van der Waals surface area contributed by atoms with E-state index in [0.717, 1.165) is 12.1 Å². The second-order valence-corrected chi connectivity index (χ2v) is 5.29.